The number of piperidine rings is 2. The molecule has 0 aromatic heterocycles. The van der Waals surface area contributed by atoms with Crippen molar-refractivity contribution in [2.45, 2.75) is 51.0 Å². The molecule has 2 N–H and O–H groups in total. The van der Waals surface area contributed by atoms with Crippen LogP contribution in [0.3, 0.4) is 0 Å². The molecule has 200 valence electrons. The SMILES string of the molecule is Cc1ccc(Cl)cc1C1CCN(S(=O)(=O)CC2(C(=O)NO)CCN(C(=O)OC3CCOC3)CC2)CC1. The third-order valence-corrected chi connectivity index (χ3v) is 10.0. The summed E-state index contributed by atoms with van der Waals surface area (Å²) < 4.78 is 38.9. The van der Waals surface area contributed by atoms with Crippen molar-refractivity contribution in [2.75, 3.05) is 45.1 Å². The van der Waals surface area contributed by atoms with Gasteiger partial charge in [-0.3, -0.25) is 10.0 Å². The monoisotopic (exact) mass is 543 g/mol. The molecular formula is C24H34ClN3O7S. The Balaban J connectivity index is 1.38. The van der Waals surface area contributed by atoms with Crippen molar-refractivity contribution in [3.05, 3.63) is 34.3 Å². The molecule has 10 nitrogen and oxygen atoms in total. The maximum atomic E-state index is 13.4. The Hall–Kier alpha value is -1.92. The van der Waals surface area contributed by atoms with Gasteiger partial charge in [-0.05, 0) is 61.8 Å². The van der Waals surface area contributed by atoms with Crippen molar-refractivity contribution in [2.24, 2.45) is 5.41 Å². The van der Waals surface area contributed by atoms with Crippen molar-refractivity contribution in [3.8, 4) is 0 Å². The van der Waals surface area contributed by atoms with Crippen LogP contribution >= 0.6 is 11.6 Å². The quantitative estimate of drug-likeness (QED) is 0.417. The maximum absolute atomic E-state index is 13.4. The van der Waals surface area contributed by atoms with Crippen LogP contribution < -0.4 is 5.48 Å². The summed E-state index contributed by atoms with van der Waals surface area (Å²) in [5.41, 5.74) is 2.59. The molecule has 0 saturated carbocycles. The van der Waals surface area contributed by atoms with Gasteiger partial charge in [0.1, 0.15) is 6.10 Å². The molecule has 0 bridgehead atoms. The summed E-state index contributed by atoms with van der Waals surface area (Å²) in [5, 5.41) is 10.1. The van der Waals surface area contributed by atoms with E-state index in [0.717, 1.165) is 11.1 Å². The van der Waals surface area contributed by atoms with E-state index in [-0.39, 0.29) is 38.0 Å². The fraction of sp³-hybridized carbons (Fsp3) is 0.667. The first-order chi connectivity index (χ1) is 17.1. The number of hydrogen-bond donors (Lipinski definition) is 2. The lowest BCUT2D eigenvalue weighted by atomic mass is 9.79. The highest BCUT2D eigenvalue weighted by Crippen LogP contribution is 2.37. The van der Waals surface area contributed by atoms with Gasteiger partial charge in [-0.2, -0.15) is 0 Å². The maximum Gasteiger partial charge on any atom is 0.410 e. The topological polar surface area (TPSA) is 125 Å². The van der Waals surface area contributed by atoms with Crippen LogP contribution in [0.1, 0.15) is 49.1 Å². The Kier molecular flexibility index (Phi) is 8.45. The first-order valence-corrected chi connectivity index (χ1v) is 14.3. The van der Waals surface area contributed by atoms with Crippen molar-refractivity contribution in [3.63, 3.8) is 0 Å². The molecule has 0 spiro atoms. The number of carbonyl (C=O) groups is 2. The zero-order valence-electron chi connectivity index (χ0n) is 20.4. The molecule has 1 atom stereocenters. The summed E-state index contributed by atoms with van der Waals surface area (Å²) in [5.74, 6) is -0.954. The van der Waals surface area contributed by atoms with E-state index in [0.29, 0.717) is 50.6 Å². The van der Waals surface area contributed by atoms with Crippen LogP contribution in [0.4, 0.5) is 4.79 Å². The zero-order valence-corrected chi connectivity index (χ0v) is 22.0. The molecule has 3 saturated heterocycles. The average molecular weight is 544 g/mol. The summed E-state index contributed by atoms with van der Waals surface area (Å²) in [6.45, 7) is 3.94. The van der Waals surface area contributed by atoms with Gasteiger partial charge >= 0.3 is 6.09 Å². The number of nitrogens with zero attached hydrogens (tertiary/aromatic N) is 2. The Morgan fingerprint density at radius 3 is 2.50 bits per heavy atom. The van der Waals surface area contributed by atoms with Gasteiger partial charge in [0.2, 0.25) is 10.0 Å². The van der Waals surface area contributed by atoms with Crippen molar-refractivity contribution in [1.82, 2.24) is 14.7 Å². The number of nitrogens with one attached hydrogen (secondary N) is 1. The molecule has 3 aliphatic rings. The van der Waals surface area contributed by atoms with Crippen LogP contribution in [0, 0.1) is 12.3 Å². The molecule has 1 aromatic rings. The minimum atomic E-state index is -3.79. The van der Waals surface area contributed by atoms with Crippen LogP contribution in [0.2, 0.25) is 5.02 Å². The van der Waals surface area contributed by atoms with Crippen LogP contribution in [0.15, 0.2) is 18.2 Å². The number of ether oxygens (including phenoxy) is 2. The van der Waals surface area contributed by atoms with Gasteiger partial charge in [-0.1, -0.05) is 17.7 Å². The summed E-state index contributed by atoms with van der Waals surface area (Å²) in [7, 11) is -3.79. The standard InChI is InChI=1S/C24H34ClN3O7S/c1-17-2-3-19(25)14-21(17)18-4-9-28(10-5-18)36(32,33)16-24(22(29)26-31)7-11-27(12-8-24)23(30)35-20-6-13-34-15-20/h2-3,14,18,20,31H,4-13,15-16H2,1H3,(H,26,29). The number of amides is 2. The molecular weight excluding hydrogens is 510 g/mol. The van der Waals surface area contributed by atoms with E-state index in [2.05, 4.69) is 0 Å². The number of aryl methyl sites for hydroxylation is 1. The number of hydrogen-bond acceptors (Lipinski definition) is 7. The lowest BCUT2D eigenvalue weighted by Crippen LogP contribution is -2.55. The molecule has 3 aliphatic heterocycles. The fourth-order valence-electron chi connectivity index (χ4n) is 5.43. The van der Waals surface area contributed by atoms with E-state index in [9.17, 15) is 23.2 Å². The molecule has 4 rings (SSSR count). The van der Waals surface area contributed by atoms with Crippen LogP contribution in [0.25, 0.3) is 0 Å². The Morgan fingerprint density at radius 1 is 1.19 bits per heavy atom. The normalized spacial score (nSPS) is 23.4. The third-order valence-electron chi connectivity index (χ3n) is 7.70. The lowest BCUT2D eigenvalue weighted by Gasteiger charge is -2.41. The van der Waals surface area contributed by atoms with Gasteiger partial charge in [0.25, 0.3) is 5.91 Å². The Morgan fingerprint density at radius 2 is 1.89 bits per heavy atom. The zero-order chi connectivity index (χ0) is 25.9. The second kappa shape index (κ2) is 11.2. The Bertz CT molecular complexity index is 1060. The molecule has 36 heavy (non-hydrogen) atoms. The molecule has 0 aliphatic carbocycles. The second-order valence-electron chi connectivity index (χ2n) is 10.0. The summed E-state index contributed by atoms with van der Waals surface area (Å²) in [4.78, 5) is 26.7. The van der Waals surface area contributed by atoms with Crippen LogP contribution in [-0.4, -0.2) is 86.1 Å². The van der Waals surface area contributed by atoms with Crippen LogP contribution in [-0.2, 0) is 24.3 Å². The minimum Gasteiger partial charge on any atom is -0.444 e. The highest BCUT2D eigenvalue weighted by atomic mass is 35.5. The predicted octanol–water partition coefficient (Wildman–Crippen LogP) is 2.67. The van der Waals surface area contributed by atoms with Crippen LogP contribution in [0.5, 0.6) is 0 Å². The number of benzene rings is 1. The average Bonchev–Trinajstić information content (AvgIpc) is 3.38. The van der Waals surface area contributed by atoms with E-state index < -0.39 is 33.2 Å². The van der Waals surface area contributed by atoms with Gasteiger partial charge in [0, 0.05) is 37.6 Å². The van der Waals surface area contributed by atoms with Crippen molar-refractivity contribution >= 4 is 33.6 Å². The number of carbonyl (C=O) groups excluding carboxylic acids is 2. The molecule has 0 radical (unpaired) electrons. The molecule has 2 amide bonds. The van der Waals surface area contributed by atoms with E-state index in [1.165, 1.54) is 9.21 Å². The first-order valence-electron chi connectivity index (χ1n) is 12.4. The Labute approximate surface area is 216 Å². The van der Waals surface area contributed by atoms with Gasteiger partial charge in [0.05, 0.1) is 24.4 Å². The highest BCUT2D eigenvalue weighted by Gasteiger charge is 2.47. The molecule has 3 heterocycles. The number of halogens is 1. The van der Waals surface area contributed by atoms with Gasteiger partial charge in [0.15, 0.2) is 0 Å². The molecule has 1 aromatic carbocycles. The molecule has 12 heteroatoms. The number of hydroxylamine groups is 1. The van der Waals surface area contributed by atoms with E-state index in [1.807, 2.05) is 25.1 Å². The van der Waals surface area contributed by atoms with Gasteiger partial charge in [-0.25, -0.2) is 23.0 Å². The van der Waals surface area contributed by atoms with E-state index in [4.69, 9.17) is 21.1 Å². The number of rotatable bonds is 6. The van der Waals surface area contributed by atoms with Crippen molar-refractivity contribution in [1.29, 1.82) is 0 Å². The van der Waals surface area contributed by atoms with Gasteiger partial charge in [-0.15, -0.1) is 0 Å². The smallest absolute Gasteiger partial charge is 0.410 e. The number of likely N-dealkylation sites (tertiary alicyclic amines) is 1. The van der Waals surface area contributed by atoms with E-state index >= 15 is 0 Å². The summed E-state index contributed by atoms with van der Waals surface area (Å²) in [6.07, 6.45) is 1.38. The summed E-state index contributed by atoms with van der Waals surface area (Å²) in [6, 6.07) is 5.77. The van der Waals surface area contributed by atoms with Crippen molar-refractivity contribution < 1.29 is 32.7 Å². The number of sulfonamides is 1. The minimum absolute atomic E-state index is 0.104. The lowest BCUT2D eigenvalue weighted by molar-refractivity contribution is -0.141. The highest BCUT2D eigenvalue weighted by molar-refractivity contribution is 7.89. The second-order valence-corrected chi connectivity index (χ2v) is 12.4. The predicted molar refractivity (Wildman–Crippen MR) is 132 cm³/mol. The molecule has 1 unspecified atom stereocenters. The summed E-state index contributed by atoms with van der Waals surface area (Å²) >= 11 is 6.17. The molecule has 3 fully saturated rings. The van der Waals surface area contributed by atoms with E-state index in [1.54, 1.807) is 5.48 Å². The van der Waals surface area contributed by atoms with Gasteiger partial charge < -0.3 is 14.4 Å². The third kappa shape index (κ3) is 5.96. The first kappa shape index (κ1) is 27.1. The fourth-order valence-corrected chi connectivity index (χ4v) is 7.68. The largest absolute Gasteiger partial charge is 0.444 e.